The van der Waals surface area contributed by atoms with Gasteiger partial charge in [0.2, 0.25) is 0 Å². The third-order valence-electron chi connectivity index (χ3n) is 2.39. The molecule has 100 valence electrons. The Morgan fingerprint density at radius 1 is 0.947 bits per heavy atom. The normalized spacial score (nSPS) is 11.2. The topological polar surface area (TPSA) is 21.3 Å². The van der Waals surface area contributed by atoms with Gasteiger partial charge in [0.15, 0.2) is 0 Å². The molecule has 2 aromatic rings. The van der Waals surface area contributed by atoms with Crippen molar-refractivity contribution in [3.63, 3.8) is 0 Å². The van der Waals surface area contributed by atoms with E-state index >= 15 is 0 Å². The maximum Gasteiger partial charge on any atom is 0.120 e. The average molecular weight is 276 g/mol. The molecular formula is C16H18ClNO. The highest BCUT2D eigenvalue weighted by molar-refractivity contribution is 6.30. The molecule has 0 aliphatic rings. The minimum Gasteiger partial charge on any atom is -0.488 e. The van der Waals surface area contributed by atoms with Crippen molar-refractivity contribution in [1.29, 1.82) is 0 Å². The number of rotatable bonds is 3. The van der Waals surface area contributed by atoms with Gasteiger partial charge < -0.3 is 10.1 Å². The molecule has 2 aromatic carbocycles. The second kappa shape index (κ2) is 5.54. The molecule has 2 nitrogen and oxygen atoms in total. The third-order valence-corrected chi connectivity index (χ3v) is 2.63. The third kappa shape index (κ3) is 4.49. The van der Waals surface area contributed by atoms with Crippen LogP contribution < -0.4 is 10.1 Å². The SMILES string of the molecule is CC(C)(C)Oc1ccc(Nc2cccc(Cl)c2)cc1. The fourth-order valence-electron chi connectivity index (χ4n) is 1.69. The summed E-state index contributed by atoms with van der Waals surface area (Å²) in [4.78, 5) is 0. The van der Waals surface area contributed by atoms with Gasteiger partial charge in [-0.15, -0.1) is 0 Å². The minimum atomic E-state index is -0.179. The summed E-state index contributed by atoms with van der Waals surface area (Å²) in [5, 5.41) is 4.01. The summed E-state index contributed by atoms with van der Waals surface area (Å²) in [6, 6.07) is 15.5. The van der Waals surface area contributed by atoms with Gasteiger partial charge in [0.05, 0.1) is 0 Å². The number of hydrogen-bond donors (Lipinski definition) is 1. The molecule has 0 spiro atoms. The summed E-state index contributed by atoms with van der Waals surface area (Å²) in [6.07, 6.45) is 0. The number of anilines is 2. The van der Waals surface area contributed by atoms with E-state index in [1.807, 2.05) is 69.3 Å². The molecule has 0 fully saturated rings. The Labute approximate surface area is 119 Å². The summed E-state index contributed by atoms with van der Waals surface area (Å²) in [5.41, 5.74) is 1.79. The first kappa shape index (κ1) is 13.8. The lowest BCUT2D eigenvalue weighted by Gasteiger charge is -2.21. The number of benzene rings is 2. The molecular weight excluding hydrogens is 258 g/mol. The van der Waals surface area contributed by atoms with E-state index < -0.39 is 0 Å². The Bertz CT molecular complexity index is 543. The van der Waals surface area contributed by atoms with Crippen LogP contribution in [0.2, 0.25) is 5.02 Å². The van der Waals surface area contributed by atoms with Gasteiger partial charge in [-0.3, -0.25) is 0 Å². The lowest BCUT2D eigenvalue weighted by Crippen LogP contribution is -2.22. The van der Waals surface area contributed by atoms with Crippen molar-refractivity contribution < 1.29 is 4.74 Å². The largest absolute Gasteiger partial charge is 0.488 e. The molecule has 0 bridgehead atoms. The summed E-state index contributed by atoms with van der Waals surface area (Å²) in [7, 11) is 0. The Morgan fingerprint density at radius 2 is 1.63 bits per heavy atom. The lowest BCUT2D eigenvalue weighted by molar-refractivity contribution is 0.131. The van der Waals surface area contributed by atoms with Crippen molar-refractivity contribution >= 4 is 23.0 Å². The quantitative estimate of drug-likeness (QED) is 0.825. The zero-order valence-electron chi connectivity index (χ0n) is 11.4. The van der Waals surface area contributed by atoms with Crippen molar-refractivity contribution in [3.8, 4) is 5.75 Å². The van der Waals surface area contributed by atoms with Crippen LogP contribution in [0.15, 0.2) is 48.5 Å². The van der Waals surface area contributed by atoms with E-state index in [2.05, 4.69) is 5.32 Å². The predicted molar refractivity (Wildman–Crippen MR) is 81.6 cm³/mol. The average Bonchev–Trinajstić information content (AvgIpc) is 2.30. The Morgan fingerprint density at radius 3 is 2.21 bits per heavy atom. The van der Waals surface area contributed by atoms with Crippen LogP contribution in [0.5, 0.6) is 5.75 Å². The van der Waals surface area contributed by atoms with Crippen molar-refractivity contribution in [2.24, 2.45) is 0 Å². The standard InChI is InChI=1S/C16H18ClNO/c1-16(2,3)19-15-9-7-13(8-10-15)18-14-6-4-5-12(17)11-14/h4-11,18H,1-3H3. The van der Waals surface area contributed by atoms with Crippen LogP contribution >= 0.6 is 11.6 Å². The predicted octanol–water partition coefficient (Wildman–Crippen LogP) is 5.26. The van der Waals surface area contributed by atoms with Gasteiger partial charge in [0.25, 0.3) is 0 Å². The monoisotopic (exact) mass is 275 g/mol. The molecule has 0 unspecified atom stereocenters. The fraction of sp³-hybridized carbons (Fsp3) is 0.250. The minimum absolute atomic E-state index is 0.179. The summed E-state index contributed by atoms with van der Waals surface area (Å²) in [6.45, 7) is 6.10. The van der Waals surface area contributed by atoms with Crippen molar-refractivity contribution in [2.45, 2.75) is 26.4 Å². The fourth-order valence-corrected chi connectivity index (χ4v) is 1.88. The van der Waals surface area contributed by atoms with Gasteiger partial charge in [-0.2, -0.15) is 0 Å². The van der Waals surface area contributed by atoms with E-state index in [0.29, 0.717) is 0 Å². The van der Waals surface area contributed by atoms with E-state index in [9.17, 15) is 0 Å². The maximum absolute atomic E-state index is 5.95. The molecule has 0 radical (unpaired) electrons. The lowest BCUT2D eigenvalue weighted by atomic mass is 10.2. The van der Waals surface area contributed by atoms with Gasteiger partial charge >= 0.3 is 0 Å². The zero-order valence-corrected chi connectivity index (χ0v) is 12.2. The molecule has 0 atom stereocenters. The van der Waals surface area contributed by atoms with Crippen molar-refractivity contribution in [2.75, 3.05) is 5.32 Å². The van der Waals surface area contributed by atoms with Crippen molar-refractivity contribution in [3.05, 3.63) is 53.6 Å². The van der Waals surface area contributed by atoms with E-state index in [1.54, 1.807) is 0 Å². The van der Waals surface area contributed by atoms with Gasteiger partial charge in [0.1, 0.15) is 11.4 Å². The highest BCUT2D eigenvalue weighted by Gasteiger charge is 2.11. The van der Waals surface area contributed by atoms with E-state index in [1.165, 1.54) is 0 Å². The summed E-state index contributed by atoms with van der Waals surface area (Å²) >= 11 is 5.95. The van der Waals surface area contributed by atoms with Gasteiger partial charge in [0, 0.05) is 16.4 Å². The maximum atomic E-state index is 5.95. The number of ether oxygens (including phenoxy) is 1. The number of hydrogen-bond acceptors (Lipinski definition) is 2. The van der Waals surface area contributed by atoms with Gasteiger partial charge in [-0.05, 0) is 63.2 Å². The highest BCUT2D eigenvalue weighted by atomic mass is 35.5. The van der Waals surface area contributed by atoms with E-state index in [0.717, 1.165) is 22.1 Å². The van der Waals surface area contributed by atoms with Crippen LogP contribution in [0, 0.1) is 0 Å². The van der Waals surface area contributed by atoms with Crippen LogP contribution in [-0.2, 0) is 0 Å². The number of nitrogens with one attached hydrogen (secondary N) is 1. The molecule has 0 aliphatic heterocycles. The Kier molecular flexibility index (Phi) is 4.01. The second-order valence-corrected chi connectivity index (χ2v) is 5.81. The first-order valence-electron chi connectivity index (χ1n) is 6.24. The van der Waals surface area contributed by atoms with Gasteiger partial charge in [-0.1, -0.05) is 17.7 Å². The molecule has 0 aromatic heterocycles. The van der Waals surface area contributed by atoms with Crippen LogP contribution in [0.1, 0.15) is 20.8 Å². The Hall–Kier alpha value is -1.67. The molecule has 1 N–H and O–H groups in total. The number of halogens is 1. The first-order chi connectivity index (χ1) is 8.92. The van der Waals surface area contributed by atoms with Gasteiger partial charge in [-0.25, -0.2) is 0 Å². The molecule has 2 rings (SSSR count). The Balaban J connectivity index is 2.07. The van der Waals surface area contributed by atoms with Crippen LogP contribution in [0.4, 0.5) is 11.4 Å². The zero-order chi connectivity index (χ0) is 13.9. The molecule has 0 heterocycles. The van der Waals surface area contributed by atoms with Crippen molar-refractivity contribution in [1.82, 2.24) is 0 Å². The smallest absolute Gasteiger partial charge is 0.120 e. The van der Waals surface area contributed by atoms with E-state index in [4.69, 9.17) is 16.3 Å². The van der Waals surface area contributed by atoms with Crippen LogP contribution in [0.25, 0.3) is 0 Å². The molecule has 0 aliphatic carbocycles. The summed E-state index contributed by atoms with van der Waals surface area (Å²) < 4.78 is 5.78. The molecule has 19 heavy (non-hydrogen) atoms. The van der Waals surface area contributed by atoms with Crippen LogP contribution in [0.3, 0.4) is 0 Å². The van der Waals surface area contributed by atoms with Crippen LogP contribution in [-0.4, -0.2) is 5.60 Å². The molecule has 0 saturated heterocycles. The second-order valence-electron chi connectivity index (χ2n) is 5.37. The molecule has 0 amide bonds. The molecule has 3 heteroatoms. The first-order valence-corrected chi connectivity index (χ1v) is 6.62. The highest BCUT2D eigenvalue weighted by Crippen LogP contribution is 2.24. The van der Waals surface area contributed by atoms with E-state index in [-0.39, 0.29) is 5.60 Å². The molecule has 0 saturated carbocycles. The summed E-state index contributed by atoms with van der Waals surface area (Å²) in [5.74, 6) is 0.865.